The van der Waals surface area contributed by atoms with Crippen LogP contribution in [0.4, 0.5) is 0 Å². The first kappa shape index (κ1) is 23.1. The number of H-pyrrole nitrogens is 2. The molecule has 0 bridgehead atoms. The highest BCUT2D eigenvalue weighted by atomic mass is 15.1. The van der Waals surface area contributed by atoms with Crippen LogP contribution in [-0.2, 0) is 13.1 Å². The second-order valence-corrected chi connectivity index (χ2v) is 9.70. The summed E-state index contributed by atoms with van der Waals surface area (Å²) in [4.78, 5) is 17.0. The van der Waals surface area contributed by atoms with Crippen LogP contribution in [0.2, 0.25) is 0 Å². The first-order chi connectivity index (χ1) is 19.2. The summed E-state index contributed by atoms with van der Waals surface area (Å²) >= 11 is 0. The van der Waals surface area contributed by atoms with Crippen LogP contribution in [0.15, 0.2) is 97.8 Å². The smallest absolute Gasteiger partial charge is 0.147 e. The number of hydrogen-bond donors (Lipinski definition) is 3. The van der Waals surface area contributed by atoms with Crippen LogP contribution in [0.1, 0.15) is 16.8 Å². The van der Waals surface area contributed by atoms with E-state index in [0.717, 1.165) is 74.5 Å². The molecule has 0 amide bonds. The molecule has 5 aromatic heterocycles. The molecular weight excluding hydrogens is 484 g/mol. The maximum Gasteiger partial charge on any atom is 0.147 e. The minimum Gasteiger partial charge on any atom is -0.353 e. The van der Waals surface area contributed by atoms with Gasteiger partial charge in [0.2, 0.25) is 0 Å². The number of aryl methyl sites for hydroxylation is 1. The summed E-state index contributed by atoms with van der Waals surface area (Å²) in [7, 11) is 0. The number of benzene rings is 2. The van der Waals surface area contributed by atoms with Crippen molar-refractivity contribution in [1.29, 1.82) is 0 Å². The van der Waals surface area contributed by atoms with Crippen molar-refractivity contribution in [2.75, 3.05) is 0 Å². The van der Waals surface area contributed by atoms with Crippen molar-refractivity contribution in [3.63, 3.8) is 0 Å². The molecule has 7 aromatic rings. The van der Waals surface area contributed by atoms with Crippen LogP contribution in [-0.4, -0.2) is 34.7 Å². The lowest BCUT2D eigenvalue weighted by molar-refractivity contribution is 0.691. The van der Waals surface area contributed by atoms with Gasteiger partial charge in [-0.2, -0.15) is 5.10 Å². The summed E-state index contributed by atoms with van der Waals surface area (Å²) < 4.78 is 1.95. The lowest BCUT2D eigenvalue weighted by Gasteiger charge is -2.08. The zero-order valence-corrected chi connectivity index (χ0v) is 21.4. The van der Waals surface area contributed by atoms with Crippen molar-refractivity contribution in [3.8, 4) is 28.3 Å². The van der Waals surface area contributed by atoms with Gasteiger partial charge in [-0.15, -0.1) is 0 Å². The summed E-state index contributed by atoms with van der Waals surface area (Å²) in [5.74, 6) is 0.833. The molecule has 3 N–H and O–H groups in total. The van der Waals surface area contributed by atoms with Crippen LogP contribution in [0.3, 0.4) is 0 Å². The molecule has 5 heterocycles. The fourth-order valence-corrected chi connectivity index (χ4v) is 5.00. The van der Waals surface area contributed by atoms with E-state index in [2.05, 4.69) is 90.0 Å². The highest BCUT2D eigenvalue weighted by molar-refractivity contribution is 5.98. The molecule has 190 valence electrons. The van der Waals surface area contributed by atoms with Gasteiger partial charge in [0.25, 0.3) is 0 Å². The number of aromatic nitrogens is 7. The van der Waals surface area contributed by atoms with Crippen molar-refractivity contribution in [2.24, 2.45) is 0 Å². The Labute approximate surface area is 224 Å². The Morgan fingerprint density at radius 3 is 2.59 bits per heavy atom. The average Bonchev–Trinajstić information content (AvgIpc) is 3.71. The molecule has 0 atom stereocenters. The second kappa shape index (κ2) is 9.66. The molecule has 2 aromatic carbocycles. The van der Waals surface area contributed by atoms with E-state index in [4.69, 9.17) is 0 Å². The van der Waals surface area contributed by atoms with E-state index in [0.29, 0.717) is 0 Å². The third kappa shape index (κ3) is 4.47. The first-order valence-corrected chi connectivity index (χ1v) is 12.9. The fourth-order valence-electron chi connectivity index (χ4n) is 5.00. The summed E-state index contributed by atoms with van der Waals surface area (Å²) in [5.41, 5.74) is 9.28. The van der Waals surface area contributed by atoms with E-state index in [-0.39, 0.29) is 0 Å². The van der Waals surface area contributed by atoms with Gasteiger partial charge >= 0.3 is 0 Å². The molecule has 0 unspecified atom stereocenters. The van der Waals surface area contributed by atoms with Gasteiger partial charge in [-0.1, -0.05) is 36.4 Å². The molecule has 0 radical (unpaired) electrons. The van der Waals surface area contributed by atoms with Crippen LogP contribution in [0, 0.1) is 6.92 Å². The highest BCUT2D eigenvalue weighted by Crippen LogP contribution is 2.33. The lowest BCUT2D eigenvalue weighted by Crippen LogP contribution is -2.12. The molecule has 0 aliphatic carbocycles. The zero-order chi connectivity index (χ0) is 26.2. The molecule has 39 heavy (non-hydrogen) atoms. The van der Waals surface area contributed by atoms with Crippen LogP contribution < -0.4 is 5.32 Å². The van der Waals surface area contributed by atoms with Gasteiger partial charge in [0.05, 0.1) is 22.4 Å². The Morgan fingerprint density at radius 1 is 0.821 bits per heavy atom. The van der Waals surface area contributed by atoms with E-state index < -0.39 is 0 Å². The third-order valence-corrected chi connectivity index (χ3v) is 6.93. The molecule has 0 aliphatic rings. The van der Waals surface area contributed by atoms with Gasteiger partial charge in [0.1, 0.15) is 17.8 Å². The van der Waals surface area contributed by atoms with E-state index in [1.54, 1.807) is 6.33 Å². The predicted molar refractivity (Wildman–Crippen MR) is 153 cm³/mol. The Kier molecular flexibility index (Phi) is 5.71. The highest BCUT2D eigenvalue weighted by Gasteiger charge is 2.15. The Morgan fingerprint density at radius 2 is 1.72 bits per heavy atom. The van der Waals surface area contributed by atoms with Gasteiger partial charge < -0.3 is 10.3 Å². The average molecular weight is 511 g/mol. The molecule has 0 saturated heterocycles. The topological polar surface area (TPSA) is 100 Å². The van der Waals surface area contributed by atoms with Crippen molar-refractivity contribution in [3.05, 3.63) is 115 Å². The van der Waals surface area contributed by atoms with Gasteiger partial charge in [-0.25, -0.2) is 9.97 Å². The first-order valence-electron chi connectivity index (χ1n) is 12.9. The van der Waals surface area contributed by atoms with Gasteiger partial charge in [-0.05, 0) is 53.9 Å². The van der Waals surface area contributed by atoms with Gasteiger partial charge in [0.15, 0.2) is 0 Å². The Hall–Kier alpha value is -5.08. The molecule has 8 heteroatoms. The number of nitrogens with zero attached hydrogens (tertiary/aromatic N) is 5. The monoisotopic (exact) mass is 510 g/mol. The molecule has 0 fully saturated rings. The number of nitrogens with one attached hydrogen (secondary N) is 3. The second-order valence-electron chi connectivity index (χ2n) is 9.70. The molecule has 0 saturated carbocycles. The van der Waals surface area contributed by atoms with Gasteiger partial charge in [-0.3, -0.25) is 14.6 Å². The van der Waals surface area contributed by atoms with Crippen molar-refractivity contribution >= 4 is 21.8 Å². The molecule has 0 aliphatic heterocycles. The minimum absolute atomic E-state index is 0.747. The Bertz CT molecular complexity index is 1910. The maximum absolute atomic E-state index is 4.67. The number of aromatic amines is 2. The number of pyridine rings is 2. The standard InChI is InChI=1S/C31H26N8/c1-20-18-39(19-35-20)31-26-13-29(36-27(26)9-10-34-31)30-25-12-23(7-8-28(25)37-38-30)24-11-22(16-33-17-24)15-32-14-21-5-3-2-4-6-21/h2-13,16-19,32,36H,14-15H2,1H3,(H,37,38). The largest absolute Gasteiger partial charge is 0.353 e. The zero-order valence-electron chi connectivity index (χ0n) is 21.4. The van der Waals surface area contributed by atoms with Crippen molar-refractivity contribution in [1.82, 2.24) is 40.0 Å². The van der Waals surface area contributed by atoms with Crippen LogP contribution >= 0.6 is 0 Å². The summed E-state index contributed by atoms with van der Waals surface area (Å²) in [5, 5.41) is 13.4. The quantitative estimate of drug-likeness (QED) is 0.246. The predicted octanol–water partition coefficient (Wildman–Crippen LogP) is 5.95. The summed E-state index contributed by atoms with van der Waals surface area (Å²) in [6, 6.07) is 23.1. The maximum atomic E-state index is 4.67. The lowest BCUT2D eigenvalue weighted by atomic mass is 10.0. The summed E-state index contributed by atoms with van der Waals surface area (Å²) in [6.07, 6.45) is 9.41. The summed E-state index contributed by atoms with van der Waals surface area (Å²) in [6.45, 7) is 3.54. The van der Waals surface area contributed by atoms with Crippen molar-refractivity contribution < 1.29 is 0 Å². The Balaban J connectivity index is 1.20. The molecular formula is C31H26N8. The molecule has 7 rings (SSSR count). The normalized spacial score (nSPS) is 11.5. The molecule has 8 nitrogen and oxygen atoms in total. The number of imidazole rings is 1. The van der Waals surface area contributed by atoms with Gasteiger partial charge in [0, 0.05) is 54.2 Å². The minimum atomic E-state index is 0.747. The van der Waals surface area contributed by atoms with Crippen molar-refractivity contribution in [2.45, 2.75) is 20.0 Å². The third-order valence-electron chi connectivity index (χ3n) is 6.93. The van der Waals surface area contributed by atoms with E-state index >= 15 is 0 Å². The SMILES string of the molecule is Cc1cn(-c2nccc3[nH]c(-c4n[nH]c5ccc(-c6cncc(CNCc7ccccc7)c6)cc45)cc23)cn1. The van der Waals surface area contributed by atoms with Crippen LogP contribution in [0.5, 0.6) is 0 Å². The number of rotatable bonds is 7. The fraction of sp³-hybridized carbons (Fsp3) is 0.0968. The number of fused-ring (bicyclic) bond motifs is 2. The van der Waals surface area contributed by atoms with E-state index in [9.17, 15) is 0 Å². The number of hydrogen-bond acceptors (Lipinski definition) is 5. The molecule has 0 spiro atoms. The van der Waals surface area contributed by atoms with Crippen LogP contribution in [0.25, 0.3) is 50.1 Å². The van der Waals surface area contributed by atoms with E-state index in [1.807, 2.05) is 48.4 Å². The van der Waals surface area contributed by atoms with E-state index in [1.165, 1.54) is 5.56 Å².